The van der Waals surface area contributed by atoms with E-state index in [2.05, 4.69) is 0 Å². The molecule has 0 radical (unpaired) electrons. The summed E-state index contributed by atoms with van der Waals surface area (Å²) in [6.07, 6.45) is 0.502. The Morgan fingerprint density at radius 1 is 1.25 bits per heavy atom. The van der Waals surface area contributed by atoms with E-state index in [1.54, 1.807) is 0 Å². The molecular formula is C5H13O2P. The fourth-order valence-corrected chi connectivity index (χ4v) is 1.27. The lowest BCUT2D eigenvalue weighted by Gasteiger charge is -2.17. The first-order valence-electron chi connectivity index (χ1n) is 2.57. The Balaban J connectivity index is 3.39. The quantitative estimate of drug-likeness (QED) is 0.534. The van der Waals surface area contributed by atoms with Gasteiger partial charge in [0, 0.05) is 6.16 Å². The van der Waals surface area contributed by atoms with Crippen molar-refractivity contribution in [3.8, 4) is 0 Å². The molecule has 0 atom stereocenters. The molecule has 0 aromatic rings. The molecule has 0 rings (SSSR count). The summed E-state index contributed by atoms with van der Waals surface area (Å²) in [5, 5.41) is 0. The Labute approximate surface area is 51.5 Å². The molecular weight excluding hydrogens is 123 g/mol. The van der Waals surface area contributed by atoms with Crippen molar-refractivity contribution in [2.24, 2.45) is 5.41 Å². The normalized spacial score (nSPS) is 12.8. The first-order chi connectivity index (χ1) is 3.42. The van der Waals surface area contributed by atoms with E-state index in [0.717, 1.165) is 0 Å². The lowest BCUT2D eigenvalue weighted by atomic mass is 10.0. The van der Waals surface area contributed by atoms with Crippen molar-refractivity contribution in [1.82, 2.24) is 0 Å². The highest BCUT2D eigenvalue weighted by Crippen LogP contribution is 2.32. The third kappa shape index (κ3) is 6.35. The van der Waals surface area contributed by atoms with Crippen LogP contribution in [-0.4, -0.2) is 15.9 Å². The second kappa shape index (κ2) is 2.77. The van der Waals surface area contributed by atoms with E-state index >= 15 is 0 Å². The van der Waals surface area contributed by atoms with Crippen molar-refractivity contribution in [3.63, 3.8) is 0 Å². The van der Waals surface area contributed by atoms with E-state index < -0.39 is 8.38 Å². The third-order valence-corrected chi connectivity index (χ3v) is 1.85. The molecule has 0 saturated carbocycles. The van der Waals surface area contributed by atoms with Gasteiger partial charge in [0.15, 0.2) is 8.38 Å². The molecule has 0 aromatic carbocycles. The molecule has 3 heteroatoms. The minimum Gasteiger partial charge on any atom is -0.350 e. The van der Waals surface area contributed by atoms with Crippen LogP contribution >= 0.6 is 8.38 Å². The van der Waals surface area contributed by atoms with Crippen molar-refractivity contribution in [1.29, 1.82) is 0 Å². The largest absolute Gasteiger partial charge is 0.350 e. The standard InChI is InChI=1S/C5H13O2P/c1-5(2,3)4-8(6)7/h6-7H,4H2,1-3H3. The van der Waals surface area contributed by atoms with Gasteiger partial charge in [0.05, 0.1) is 0 Å². The van der Waals surface area contributed by atoms with Gasteiger partial charge in [-0.1, -0.05) is 20.8 Å². The van der Waals surface area contributed by atoms with E-state index in [-0.39, 0.29) is 5.41 Å². The van der Waals surface area contributed by atoms with Crippen LogP contribution in [0.15, 0.2) is 0 Å². The molecule has 0 unspecified atom stereocenters. The zero-order chi connectivity index (χ0) is 6.78. The van der Waals surface area contributed by atoms with Gasteiger partial charge in [0.25, 0.3) is 0 Å². The summed E-state index contributed by atoms with van der Waals surface area (Å²) < 4.78 is 0. The number of hydrogen-bond acceptors (Lipinski definition) is 2. The van der Waals surface area contributed by atoms with Gasteiger partial charge < -0.3 is 9.79 Å². The summed E-state index contributed by atoms with van der Waals surface area (Å²) in [5.41, 5.74) is 0.0508. The average Bonchev–Trinajstić information content (AvgIpc) is 1.21. The monoisotopic (exact) mass is 136 g/mol. The summed E-state index contributed by atoms with van der Waals surface area (Å²) >= 11 is 0. The van der Waals surface area contributed by atoms with Crippen LogP contribution in [0, 0.1) is 5.41 Å². The van der Waals surface area contributed by atoms with Crippen molar-refractivity contribution >= 4 is 8.38 Å². The highest BCUT2D eigenvalue weighted by atomic mass is 31.2. The average molecular weight is 136 g/mol. The second-order valence-electron chi connectivity index (χ2n) is 3.09. The Hall–Kier alpha value is 0.350. The lowest BCUT2D eigenvalue weighted by Crippen LogP contribution is -2.09. The molecule has 0 aliphatic carbocycles. The minimum atomic E-state index is -1.69. The molecule has 0 aromatic heterocycles. The van der Waals surface area contributed by atoms with Gasteiger partial charge >= 0.3 is 0 Å². The zero-order valence-corrected chi connectivity index (χ0v) is 6.44. The molecule has 2 nitrogen and oxygen atoms in total. The van der Waals surface area contributed by atoms with Gasteiger partial charge in [-0.05, 0) is 5.41 Å². The topological polar surface area (TPSA) is 40.5 Å². The first kappa shape index (κ1) is 8.35. The molecule has 0 aliphatic heterocycles. The van der Waals surface area contributed by atoms with Crippen LogP contribution in [0.5, 0.6) is 0 Å². The molecule has 8 heavy (non-hydrogen) atoms. The summed E-state index contributed by atoms with van der Waals surface area (Å²) in [5.74, 6) is 0. The van der Waals surface area contributed by atoms with Crippen LogP contribution in [0.2, 0.25) is 0 Å². The van der Waals surface area contributed by atoms with E-state index in [1.807, 2.05) is 20.8 Å². The van der Waals surface area contributed by atoms with Crippen LogP contribution in [0.25, 0.3) is 0 Å². The van der Waals surface area contributed by atoms with Crippen LogP contribution in [-0.2, 0) is 0 Å². The highest BCUT2D eigenvalue weighted by Gasteiger charge is 2.14. The third-order valence-electron chi connectivity index (χ3n) is 0.616. The predicted molar refractivity (Wildman–Crippen MR) is 35.7 cm³/mol. The van der Waals surface area contributed by atoms with Crippen molar-refractivity contribution in [3.05, 3.63) is 0 Å². The van der Waals surface area contributed by atoms with Crippen LogP contribution in [0.3, 0.4) is 0 Å². The molecule has 0 aliphatic rings. The van der Waals surface area contributed by atoms with Gasteiger partial charge in [-0.3, -0.25) is 0 Å². The van der Waals surface area contributed by atoms with Crippen LogP contribution in [0.1, 0.15) is 20.8 Å². The predicted octanol–water partition coefficient (Wildman–Crippen LogP) is 1.33. The van der Waals surface area contributed by atoms with E-state index in [1.165, 1.54) is 0 Å². The maximum atomic E-state index is 8.51. The summed E-state index contributed by atoms with van der Waals surface area (Å²) in [6.45, 7) is 5.94. The summed E-state index contributed by atoms with van der Waals surface area (Å²) in [7, 11) is -1.69. The Morgan fingerprint density at radius 3 is 1.62 bits per heavy atom. The molecule has 0 bridgehead atoms. The van der Waals surface area contributed by atoms with E-state index in [4.69, 9.17) is 9.79 Å². The van der Waals surface area contributed by atoms with Crippen molar-refractivity contribution in [2.75, 3.05) is 6.16 Å². The molecule has 0 saturated heterocycles. The van der Waals surface area contributed by atoms with E-state index in [0.29, 0.717) is 6.16 Å². The smallest absolute Gasteiger partial charge is 0.165 e. The van der Waals surface area contributed by atoms with Gasteiger partial charge in [-0.15, -0.1) is 0 Å². The zero-order valence-electron chi connectivity index (χ0n) is 5.55. The van der Waals surface area contributed by atoms with E-state index in [9.17, 15) is 0 Å². The van der Waals surface area contributed by atoms with Gasteiger partial charge in [-0.25, -0.2) is 0 Å². The molecule has 50 valence electrons. The van der Waals surface area contributed by atoms with Crippen LogP contribution < -0.4 is 0 Å². The Morgan fingerprint density at radius 2 is 1.62 bits per heavy atom. The molecule has 0 amide bonds. The minimum absolute atomic E-state index is 0.0508. The fourth-order valence-electron chi connectivity index (χ4n) is 0.424. The molecule has 0 fully saturated rings. The second-order valence-corrected chi connectivity index (χ2v) is 4.15. The van der Waals surface area contributed by atoms with Crippen LogP contribution in [0.4, 0.5) is 0 Å². The maximum absolute atomic E-state index is 8.51. The Bertz CT molecular complexity index is 65.3. The molecule has 2 N–H and O–H groups in total. The first-order valence-corrected chi connectivity index (χ1v) is 4.00. The SMILES string of the molecule is CC(C)(C)CP(O)O. The maximum Gasteiger partial charge on any atom is 0.165 e. The molecule has 0 heterocycles. The Kier molecular flexibility index (Phi) is 2.89. The summed E-state index contributed by atoms with van der Waals surface area (Å²) in [6, 6.07) is 0. The van der Waals surface area contributed by atoms with Gasteiger partial charge in [0.1, 0.15) is 0 Å². The highest BCUT2D eigenvalue weighted by molar-refractivity contribution is 7.45. The number of rotatable bonds is 1. The molecule has 0 spiro atoms. The lowest BCUT2D eigenvalue weighted by molar-refractivity contribution is 0.417. The van der Waals surface area contributed by atoms with Crippen molar-refractivity contribution in [2.45, 2.75) is 20.8 Å². The number of hydrogen-bond donors (Lipinski definition) is 2. The van der Waals surface area contributed by atoms with Gasteiger partial charge in [-0.2, -0.15) is 0 Å². The fraction of sp³-hybridized carbons (Fsp3) is 1.00. The van der Waals surface area contributed by atoms with Gasteiger partial charge in [0.2, 0.25) is 0 Å². The summed E-state index contributed by atoms with van der Waals surface area (Å²) in [4.78, 5) is 17.0. The van der Waals surface area contributed by atoms with Crippen molar-refractivity contribution < 1.29 is 9.79 Å².